The van der Waals surface area contributed by atoms with Gasteiger partial charge in [0.2, 0.25) is 0 Å². The van der Waals surface area contributed by atoms with Crippen molar-refractivity contribution in [2.24, 2.45) is 5.73 Å². The Labute approximate surface area is 226 Å². The number of nitrogens with zero attached hydrogens (tertiary/aromatic N) is 3. The lowest BCUT2D eigenvalue weighted by Gasteiger charge is -2.33. The second kappa shape index (κ2) is 9.94. The van der Waals surface area contributed by atoms with E-state index in [9.17, 15) is 9.90 Å². The summed E-state index contributed by atoms with van der Waals surface area (Å²) in [6, 6.07) is 11.5. The van der Waals surface area contributed by atoms with Crippen LogP contribution in [0, 0.1) is 24.7 Å². The van der Waals surface area contributed by atoms with Gasteiger partial charge in [-0.1, -0.05) is 24.3 Å². The molecule has 5 N–H and O–H groups in total. The second-order valence-corrected chi connectivity index (χ2v) is 9.84. The summed E-state index contributed by atoms with van der Waals surface area (Å²) in [7, 11) is 1.44. The van der Waals surface area contributed by atoms with Crippen molar-refractivity contribution in [3.05, 3.63) is 58.9 Å². The molecule has 10 heteroatoms. The van der Waals surface area contributed by atoms with Crippen molar-refractivity contribution in [2.45, 2.75) is 39.7 Å². The summed E-state index contributed by atoms with van der Waals surface area (Å²) in [6.45, 7) is 6.83. The molecule has 10 nitrogen and oxygen atoms in total. The van der Waals surface area contributed by atoms with E-state index >= 15 is 0 Å². The van der Waals surface area contributed by atoms with E-state index in [-0.39, 0.29) is 29.0 Å². The number of nitrogens with two attached hydrogens (primary N) is 1. The second-order valence-electron chi connectivity index (χ2n) is 9.84. The summed E-state index contributed by atoms with van der Waals surface area (Å²) >= 11 is 0. The van der Waals surface area contributed by atoms with Crippen molar-refractivity contribution in [2.75, 3.05) is 20.2 Å². The molecule has 2 heterocycles. The zero-order valence-corrected chi connectivity index (χ0v) is 22.5. The third kappa shape index (κ3) is 4.31. The van der Waals surface area contributed by atoms with E-state index in [0.717, 1.165) is 16.5 Å². The number of aryl methyl sites for hydroxylation is 2. The molecule has 4 aromatic rings. The quantitative estimate of drug-likeness (QED) is 0.210. The molecule has 202 valence electrons. The number of fused-ring (bicyclic) bond motifs is 2. The highest BCUT2D eigenvalue weighted by atomic mass is 16.5. The highest BCUT2D eigenvalue weighted by Gasteiger charge is 2.31. The van der Waals surface area contributed by atoms with E-state index in [2.05, 4.69) is 0 Å². The average molecular weight is 529 g/mol. The number of carboxylic acids is 1. The van der Waals surface area contributed by atoms with Gasteiger partial charge in [-0.25, -0.2) is 9.78 Å². The van der Waals surface area contributed by atoms with Crippen LogP contribution in [-0.4, -0.2) is 63.5 Å². The number of ether oxygens (including phenoxy) is 2. The first kappa shape index (κ1) is 26.0. The van der Waals surface area contributed by atoms with Gasteiger partial charge in [-0.15, -0.1) is 0 Å². The van der Waals surface area contributed by atoms with Crippen LogP contribution < -0.4 is 15.2 Å². The third-order valence-electron chi connectivity index (χ3n) is 7.46. The normalized spacial score (nSPS) is 14.1. The summed E-state index contributed by atoms with van der Waals surface area (Å²) in [6.07, 6.45) is 1.14. The number of nitrogens with one attached hydrogen (secondary N) is 2. The van der Waals surface area contributed by atoms with E-state index in [1.54, 1.807) is 6.92 Å². The maximum Gasteiger partial charge on any atom is 0.343 e. The highest BCUT2D eigenvalue weighted by molar-refractivity contribution is 6.10. The predicted molar refractivity (Wildman–Crippen MR) is 151 cm³/mol. The van der Waals surface area contributed by atoms with Crippen LogP contribution in [0.5, 0.6) is 11.5 Å². The molecule has 39 heavy (non-hydrogen) atoms. The minimum Gasteiger partial charge on any atom is -0.493 e. The number of nitrogen functional groups attached to an aromatic ring is 1. The summed E-state index contributed by atoms with van der Waals surface area (Å²) in [5.74, 6) is 0.411. The number of likely N-dealkylation sites (tertiary alicyclic amines) is 1. The predicted octanol–water partition coefficient (Wildman–Crippen LogP) is 4.63. The van der Waals surface area contributed by atoms with Gasteiger partial charge in [0.05, 0.1) is 24.1 Å². The maximum atomic E-state index is 12.6. The van der Waals surface area contributed by atoms with Crippen LogP contribution in [0.25, 0.3) is 27.5 Å². The molecular formula is C29H32N6O4. The minimum absolute atomic E-state index is 0.0196. The Morgan fingerprint density at radius 3 is 2.33 bits per heavy atom. The number of hydrogen-bond acceptors (Lipinski definition) is 6. The summed E-state index contributed by atoms with van der Waals surface area (Å²) < 4.78 is 14.1. The van der Waals surface area contributed by atoms with Gasteiger partial charge < -0.3 is 25.2 Å². The molecule has 0 bridgehead atoms. The lowest BCUT2D eigenvalue weighted by atomic mass is 10.0. The van der Waals surface area contributed by atoms with E-state index < -0.39 is 5.97 Å². The number of aromatic carboxylic acids is 1. The average Bonchev–Trinajstić information content (AvgIpc) is 3.26. The van der Waals surface area contributed by atoms with E-state index in [1.165, 1.54) is 7.11 Å². The van der Waals surface area contributed by atoms with Crippen molar-refractivity contribution >= 4 is 39.4 Å². The third-order valence-corrected chi connectivity index (χ3v) is 7.46. The summed E-state index contributed by atoms with van der Waals surface area (Å²) in [4.78, 5) is 19.3. The van der Waals surface area contributed by atoms with Crippen molar-refractivity contribution < 1.29 is 19.4 Å². The minimum atomic E-state index is -1.15. The van der Waals surface area contributed by atoms with Crippen molar-refractivity contribution in [3.8, 4) is 17.2 Å². The largest absolute Gasteiger partial charge is 0.493 e. The number of carbonyl (C=O) groups is 1. The topological polar surface area (TPSA) is 151 Å². The van der Waals surface area contributed by atoms with E-state index in [1.807, 2.05) is 59.7 Å². The Bertz CT molecular complexity index is 1650. The molecule has 0 unspecified atom stereocenters. The Morgan fingerprint density at radius 2 is 1.74 bits per heavy atom. The van der Waals surface area contributed by atoms with E-state index in [0.29, 0.717) is 59.8 Å². The molecule has 1 aliphatic heterocycles. The number of aromatic nitrogens is 2. The molecule has 5 rings (SSSR count). The lowest BCUT2D eigenvalue weighted by molar-refractivity contribution is 0.0679. The zero-order chi connectivity index (χ0) is 28.0. The first-order valence-electron chi connectivity index (χ1n) is 12.8. The first-order valence-corrected chi connectivity index (χ1v) is 12.8. The fourth-order valence-corrected chi connectivity index (χ4v) is 5.58. The van der Waals surface area contributed by atoms with Crippen molar-refractivity contribution in [1.82, 2.24) is 14.5 Å². The number of methoxy groups -OCH3 is 1. The molecule has 1 fully saturated rings. The fourth-order valence-electron chi connectivity index (χ4n) is 5.58. The van der Waals surface area contributed by atoms with Gasteiger partial charge in [-0.2, -0.15) is 0 Å². The summed E-state index contributed by atoms with van der Waals surface area (Å²) in [5, 5.41) is 27.9. The molecule has 0 saturated carbocycles. The van der Waals surface area contributed by atoms with Crippen LogP contribution in [0.2, 0.25) is 0 Å². The van der Waals surface area contributed by atoms with Gasteiger partial charge in [0.25, 0.3) is 0 Å². The Balaban J connectivity index is 1.75. The number of amidine groups is 2. The van der Waals surface area contributed by atoms with Crippen LogP contribution >= 0.6 is 0 Å². The molecule has 3 aromatic carbocycles. The monoisotopic (exact) mass is 528 g/mol. The van der Waals surface area contributed by atoms with Gasteiger partial charge in [-0.3, -0.25) is 15.4 Å². The van der Waals surface area contributed by atoms with E-state index in [4.69, 9.17) is 31.0 Å². The molecule has 1 saturated heterocycles. The molecule has 0 amide bonds. The van der Waals surface area contributed by atoms with Crippen molar-refractivity contribution in [1.29, 1.82) is 10.8 Å². The van der Waals surface area contributed by atoms with Gasteiger partial charge in [0.15, 0.2) is 5.75 Å². The number of imidazole rings is 1. The summed E-state index contributed by atoms with van der Waals surface area (Å²) in [5.41, 5.74) is 9.06. The number of carboxylic acid groups (broad SMARTS) is 1. The van der Waals surface area contributed by atoms with Gasteiger partial charge in [0, 0.05) is 42.4 Å². The zero-order valence-electron chi connectivity index (χ0n) is 22.5. The standard InChI is InChI=1S/C29H32N6O4/c1-15-25-24(27(38-4)23(29(36)37)26(15)39-18-11-13-34(14-12-18)16(2)30)33-17(3)35(25)22-10-9-21(28(31)32)19-7-5-6-8-20(19)22/h5-10,18,30H,11-14H2,1-4H3,(H3,31,32)(H,36,37). The smallest absolute Gasteiger partial charge is 0.343 e. The lowest BCUT2D eigenvalue weighted by Crippen LogP contribution is -2.40. The maximum absolute atomic E-state index is 12.6. The Kier molecular flexibility index (Phi) is 6.63. The van der Waals surface area contributed by atoms with Gasteiger partial charge in [0.1, 0.15) is 34.6 Å². The van der Waals surface area contributed by atoms with Gasteiger partial charge in [-0.05, 0) is 38.3 Å². The number of benzene rings is 3. The van der Waals surface area contributed by atoms with Crippen LogP contribution in [0.15, 0.2) is 36.4 Å². The van der Waals surface area contributed by atoms with Crippen LogP contribution in [-0.2, 0) is 0 Å². The molecule has 1 aromatic heterocycles. The Hall–Kier alpha value is -4.60. The Morgan fingerprint density at radius 1 is 1.08 bits per heavy atom. The molecule has 0 atom stereocenters. The number of piperidine rings is 1. The van der Waals surface area contributed by atoms with Gasteiger partial charge >= 0.3 is 5.97 Å². The number of rotatable bonds is 6. The molecule has 0 radical (unpaired) electrons. The van der Waals surface area contributed by atoms with Crippen molar-refractivity contribution in [3.63, 3.8) is 0 Å². The van der Waals surface area contributed by atoms with Crippen LogP contribution in [0.4, 0.5) is 0 Å². The van der Waals surface area contributed by atoms with Crippen LogP contribution in [0.1, 0.15) is 47.1 Å². The van der Waals surface area contributed by atoms with Crippen LogP contribution in [0.3, 0.4) is 0 Å². The number of hydrogen-bond donors (Lipinski definition) is 4. The highest BCUT2D eigenvalue weighted by Crippen LogP contribution is 2.43. The first-order chi connectivity index (χ1) is 18.6. The fraction of sp³-hybridized carbons (Fsp3) is 0.310. The molecular weight excluding hydrogens is 496 g/mol. The molecule has 0 aliphatic carbocycles. The SMILES string of the molecule is COc1c(C(=O)O)c(OC2CCN(C(C)=N)CC2)c(C)c2c1nc(C)n2-c1ccc(C(=N)N)c2ccccc12. The molecule has 1 aliphatic rings. The molecule has 0 spiro atoms.